The van der Waals surface area contributed by atoms with Gasteiger partial charge in [-0.05, 0) is 42.0 Å². The van der Waals surface area contributed by atoms with Crippen molar-refractivity contribution < 1.29 is 4.74 Å². The smallest absolute Gasteiger partial charge is 0.131 e. The summed E-state index contributed by atoms with van der Waals surface area (Å²) in [5.41, 5.74) is 4.24. The standard InChI is InChI=1S/C16H14O/c1-2-6-15-12(4-1)10-14-13(11-8-9-11)5-3-7-16(14)17-15/h1-7,11H,8-10H2. The Morgan fingerprint density at radius 3 is 2.59 bits per heavy atom. The molecule has 4 rings (SSSR count). The first-order valence-electron chi connectivity index (χ1n) is 6.29. The Morgan fingerprint density at radius 2 is 1.71 bits per heavy atom. The molecule has 1 heteroatoms. The zero-order chi connectivity index (χ0) is 11.2. The summed E-state index contributed by atoms with van der Waals surface area (Å²) in [6, 6.07) is 14.8. The molecule has 0 radical (unpaired) electrons. The molecular formula is C16H14O. The Bertz CT molecular complexity index is 582. The summed E-state index contributed by atoms with van der Waals surface area (Å²) in [4.78, 5) is 0. The summed E-state index contributed by atoms with van der Waals surface area (Å²) < 4.78 is 6.00. The van der Waals surface area contributed by atoms with E-state index in [1.54, 1.807) is 0 Å². The van der Waals surface area contributed by atoms with Gasteiger partial charge in [-0.2, -0.15) is 0 Å². The third-order valence-electron chi connectivity index (χ3n) is 3.75. The fourth-order valence-electron chi connectivity index (χ4n) is 2.70. The summed E-state index contributed by atoms with van der Waals surface area (Å²) in [5.74, 6) is 2.87. The average Bonchev–Trinajstić information content (AvgIpc) is 3.20. The third-order valence-corrected chi connectivity index (χ3v) is 3.75. The monoisotopic (exact) mass is 222 g/mol. The first kappa shape index (κ1) is 9.29. The van der Waals surface area contributed by atoms with Gasteiger partial charge in [0.1, 0.15) is 11.5 Å². The molecule has 17 heavy (non-hydrogen) atoms. The molecule has 1 heterocycles. The Labute approximate surface area is 101 Å². The third kappa shape index (κ3) is 1.46. The summed E-state index contributed by atoms with van der Waals surface area (Å²) in [6.45, 7) is 0. The number of hydrogen-bond donors (Lipinski definition) is 0. The predicted octanol–water partition coefficient (Wildman–Crippen LogP) is 4.26. The molecule has 2 aromatic rings. The van der Waals surface area contributed by atoms with Gasteiger partial charge in [-0.1, -0.05) is 30.3 Å². The summed E-state index contributed by atoms with van der Waals surface area (Å²) in [5, 5.41) is 0. The number of rotatable bonds is 1. The molecule has 0 saturated heterocycles. The zero-order valence-corrected chi connectivity index (χ0v) is 9.65. The lowest BCUT2D eigenvalue weighted by Gasteiger charge is -2.22. The second kappa shape index (κ2) is 3.36. The van der Waals surface area contributed by atoms with Gasteiger partial charge in [0.2, 0.25) is 0 Å². The van der Waals surface area contributed by atoms with Crippen LogP contribution in [0.5, 0.6) is 11.5 Å². The molecule has 1 saturated carbocycles. The molecule has 0 unspecified atom stereocenters. The van der Waals surface area contributed by atoms with E-state index in [4.69, 9.17) is 4.74 Å². The molecule has 1 fully saturated rings. The zero-order valence-electron chi connectivity index (χ0n) is 9.65. The van der Waals surface area contributed by atoms with Crippen molar-refractivity contribution in [3.8, 4) is 11.5 Å². The molecule has 2 aromatic carbocycles. The first-order chi connectivity index (χ1) is 8.42. The summed E-state index contributed by atoms with van der Waals surface area (Å²) in [6.07, 6.45) is 3.72. The van der Waals surface area contributed by atoms with E-state index in [9.17, 15) is 0 Å². The van der Waals surface area contributed by atoms with Crippen molar-refractivity contribution in [3.63, 3.8) is 0 Å². The van der Waals surface area contributed by atoms with Gasteiger partial charge in [0.15, 0.2) is 0 Å². The minimum absolute atomic E-state index is 0.791. The topological polar surface area (TPSA) is 9.23 Å². The quantitative estimate of drug-likeness (QED) is 0.597. The van der Waals surface area contributed by atoms with Crippen molar-refractivity contribution >= 4 is 0 Å². The van der Waals surface area contributed by atoms with Gasteiger partial charge in [0.25, 0.3) is 0 Å². The van der Waals surface area contributed by atoms with Crippen LogP contribution in [0.25, 0.3) is 0 Å². The van der Waals surface area contributed by atoms with Crippen LogP contribution in [0.3, 0.4) is 0 Å². The Balaban J connectivity index is 1.85. The molecule has 0 spiro atoms. The van der Waals surface area contributed by atoms with Crippen molar-refractivity contribution in [1.82, 2.24) is 0 Å². The van der Waals surface area contributed by atoms with Gasteiger partial charge in [-0.25, -0.2) is 0 Å². The van der Waals surface area contributed by atoms with Crippen molar-refractivity contribution in [2.75, 3.05) is 0 Å². The number of benzene rings is 2. The highest BCUT2D eigenvalue weighted by Crippen LogP contribution is 2.47. The lowest BCUT2D eigenvalue weighted by Crippen LogP contribution is -2.05. The maximum Gasteiger partial charge on any atom is 0.131 e. The van der Waals surface area contributed by atoms with E-state index in [0.717, 1.165) is 23.8 Å². The van der Waals surface area contributed by atoms with Gasteiger partial charge in [-0.15, -0.1) is 0 Å². The van der Waals surface area contributed by atoms with Crippen molar-refractivity contribution in [2.24, 2.45) is 0 Å². The number of para-hydroxylation sites is 1. The van der Waals surface area contributed by atoms with E-state index in [1.807, 2.05) is 6.07 Å². The van der Waals surface area contributed by atoms with Gasteiger partial charge >= 0.3 is 0 Å². The average molecular weight is 222 g/mol. The first-order valence-corrected chi connectivity index (χ1v) is 6.29. The Kier molecular flexibility index (Phi) is 1.84. The van der Waals surface area contributed by atoms with E-state index < -0.39 is 0 Å². The van der Waals surface area contributed by atoms with Crippen molar-refractivity contribution in [2.45, 2.75) is 25.2 Å². The highest BCUT2D eigenvalue weighted by molar-refractivity contribution is 5.53. The van der Waals surface area contributed by atoms with Crippen LogP contribution in [0.4, 0.5) is 0 Å². The van der Waals surface area contributed by atoms with E-state index in [1.165, 1.54) is 29.5 Å². The summed E-state index contributed by atoms with van der Waals surface area (Å²) in [7, 11) is 0. The minimum Gasteiger partial charge on any atom is -0.457 e. The largest absolute Gasteiger partial charge is 0.457 e. The molecule has 0 bridgehead atoms. The maximum absolute atomic E-state index is 6.00. The minimum atomic E-state index is 0.791. The maximum atomic E-state index is 6.00. The van der Waals surface area contributed by atoms with Crippen LogP contribution >= 0.6 is 0 Å². The normalized spacial score (nSPS) is 16.9. The molecule has 1 aliphatic heterocycles. The van der Waals surface area contributed by atoms with Gasteiger partial charge in [0.05, 0.1) is 0 Å². The molecule has 0 amide bonds. The van der Waals surface area contributed by atoms with Crippen LogP contribution in [0, 0.1) is 0 Å². The molecule has 2 aliphatic rings. The second-order valence-corrected chi connectivity index (χ2v) is 4.98. The van der Waals surface area contributed by atoms with Crippen LogP contribution in [0.15, 0.2) is 42.5 Å². The number of hydrogen-bond acceptors (Lipinski definition) is 1. The highest BCUT2D eigenvalue weighted by Gasteiger charge is 2.29. The molecule has 0 aromatic heterocycles. The van der Waals surface area contributed by atoms with Crippen LogP contribution in [-0.2, 0) is 6.42 Å². The van der Waals surface area contributed by atoms with Gasteiger partial charge in [0, 0.05) is 12.0 Å². The summed E-state index contributed by atoms with van der Waals surface area (Å²) >= 11 is 0. The fourth-order valence-corrected chi connectivity index (χ4v) is 2.70. The predicted molar refractivity (Wildman–Crippen MR) is 67.7 cm³/mol. The lowest BCUT2D eigenvalue weighted by atomic mass is 9.94. The number of ether oxygens (including phenoxy) is 1. The number of fused-ring (bicyclic) bond motifs is 2. The second-order valence-electron chi connectivity index (χ2n) is 4.98. The highest BCUT2D eigenvalue weighted by atomic mass is 16.5. The molecule has 0 N–H and O–H groups in total. The molecule has 0 atom stereocenters. The fraction of sp³-hybridized carbons (Fsp3) is 0.250. The van der Waals surface area contributed by atoms with Crippen LogP contribution < -0.4 is 4.74 Å². The molecule has 1 aliphatic carbocycles. The van der Waals surface area contributed by atoms with Gasteiger partial charge in [-0.3, -0.25) is 0 Å². The van der Waals surface area contributed by atoms with E-state index >= 15 is 0 Å². The molecular weight excluding hydrogens is 208 g/mol. The Hall–Kier alpha value is -1.76. The van der Waals surface area contributed by atoms with E-state index in [0.29, 0.717) is 0 Å². The lowest BCUT2D eigenvalue weighted by molar-refractivity contribution is 0.458. The van der Waals surface area contributed by atoms with Crippen LogP contribution in [0.1, 0.15) is 35.4 Å². The SMILES string of the molecule is c1ccc2c(c1)Cc1c(cccc1C1CC1)O2. The Morgan fingerprint density at radius 1 is 0.882 bits per heavy atom. The van der Waals surface area contributed by atoms with Crippen LogP contribution in [0.2, 0.25) is 0 Å². The van der Waals surface area contributed by atoms with Crippen LogP contribution in [-0.4, -0.2) is 0 Å². The van der Waals surface area contributed by atoms with Gasteiger partial charge < -0.3 is 4.74 Å². The van der Waals surface area contributed by atoms with Crippen molar-refractivity contribution in [3.05, 3.63) is 59.2 Å². The molecule has 84 valence electrons. The van der Waals surface area contributed by atoms with E-state index in [2.05, 4.69) is 36.4 Å². The molecule has 1 nitrogen and oxygen atoms in total. The van der Waals surface area contributed by atoms with E-state index in [-0.39, 0.29) is 0 Å². The van der Waals surface area contributed by atoms with Crippen molar-refractivity contribution in [1.29, 1.82) is 0 Å².